The first-order valence-corrected chi connectivity index (χ1v) is 11.7. The fraction of sp³-hybridized carbons (Fsp3) is 0.400. The van der Waals surface area contributed by atoms with Gasteiger partial charge in [-0.15, -0.1) is 11.8 Å². The third-order valence-electron chi connectivity index (χ3n) is 4.92. The van der Waals surface area contributed by atoms with E-state index < -0.39 is 10.0 Å². The zero-order valence-electron chi connectivity index (χ0n) is 15.2. The molecule has 0 radical (unpaired) electrons. The molecule has 0 saturated carbocycles. The third kappa shape index (κ3) is 4.16. The minimum absolute atomic E-state index is 0.374. The second kappa shape index (κ2) is 8.22. The van der Waals surface area contributed by atoms with Crippen LogP contribution in [0.3, 0.4) is 0 Å². The van der Waals surface area contributed by atoms with E-state index in [1.165, 1.54) is 14.9 Å². The molecule has 0 amide bonds. The molecule has 4 rings (SSSR count). The van der Waals surface area contributed by atoms with Crippen LogP contribution in [0.4, 0.5) is 5.69 Å². The molecule has 2 aliphatic rings. The van der Waals surface area contributed by atoms with Gasteiger partial charge in [0.05, 0.1) is 23.8 Å². The van der Waals surface area contributed by atoms with Gasteiger partial charge in [0.15, 0.2) is 0 Å². The first-order chi connectivity index (χ1) is 13.1. The highest BCUT2D eigenvalue weighted by Crippen LogP contribution is 2.34. The lowest BCUT2D eigenvalue weighted by atomic mass is 10.2. The van der Waals surface area contributed by atoms with E-state index >= 15 is 0 Å². The Bertz CT molecular complexity index is 896. The van der Waals surface area contributed by atoms with E-state index in [2.05, 4.69) is 29.2 Å². The first kappa shape index (κ1) is 18.8. The number of nitrogens with zero attached hydrogens (tertiary/aromatic N) is 2. The van der Waals surface area contributed by atoms with Gasteiger partial charge in [0.25, 0.3) is 0 Å². The maximum Gasteiger partial charge on any atom is 0.243 e. The average Bonchev–Trinajstić information content (AvgIpc) is 2.91. The van der Waals surface area contributed by atoms with Crippen LogP contribution >= 0.6 is 11.8 Å². The maximum atomic E-state index is 12.9. The van der Waals surface area contributed by atoms with Gasteiger partial charge >= 0.3 is 0 Å². The summed E-state index contributed by atoms with van der Waals surface area (Å²) in [7, 11) is -3.46. The number of rotatable bonds is 4. The monoisotopic (exact) mass is 404 g/mol. The van der Waals surface area contributed by atoms with Crippen molar-refractivity contribution in [3.8, 4) is 0 Å². The Kier molecular flexibility index (Phi) is 5.73. The number of hydrogen-bond acceptors (Lipinski definition) is 5. The van der Waals surface area contributed by atoms with Gasteiger partial charge in [0.1, 0.15) is 0 Å². The Morgan fingerprint density at radius 1 is 1.00 bits per heavy atom. The number of ether oxygens (including phenoxy) is 1. The van der Waals surface area contributed by atoms with Crippen LogP contribution in [0, 0.1) is 0 Å². The first-order valence-electron chi connectivity index (χ1n) is 9.28. The predicted molar refractivity (Wildman–Crippen MR) is 109 cm³/mol. The van der Waals surface area contributed by atoms with E-state index in [-0.39, 0.29) is 0 Å². The quantitative estimate of drug-likeness (QED) is 0.783. The van der Waals surface area contributed by atoms with Crippen LogP contribution in [0.25, 0.3) is 0 Å². The van der Waals surface area contributed by atoms with Crippen molar-refractivity contribution in [2.24, 2.45) is 0 Å². The van der Waals surface area contributed by atoms with Gasteiger partial charge in [0, 0.05) is 31.1 Å². The summed E-state index contributed by atoms with van der Waals surface area (Å²) in [6, 6.07) is 15.8. The Labute approximate surface area is 165 Å². The molecule has 2 aliphatic heterocycles. The number of fused-ring (bicyclic) bond motifs is 1. The molecule has 1 fully saturated rings. The van der Waals surface area contributed by atoms with Crippen molar-refractivity contribution in [2.45, 2.75) is 22.8 Å². The summed E-state index contributed by atoms with van der Waals surface area (Å²) >= 11 is 1.89. The van der Waals surface area contributed by atoms with E-state index in [0.717, 1.165) is 24.3 Å². The Morgan fingerprint density at radius 2 is 1.81 bits per heavy atom. The van der Waals surface area contributed by atoms with Crippen molar-refractivity contribution in [3.05, 3.63) is 54.1 Å². The number of para-hydroxylation sites is 1. The molecule has 0 aromatic heterocycles. The van der Waals surface area contributed by atoms with Crippen molar-refractivity contribution in [1.29, 1.82) is 0 Å². The third-order valence-corrected chi connectivity index (χ3v) is 7.96. The van der Waals surface area contributed by atoms with Gasteiger partial charge < -0.3 is 9.64 Å². The molecule has 2 aromatic carbocycles. The fourth-order valence-corrected chi connectivity index (χ4v) is 6.02. The smallest absolute Gasteiger partial charge is 0.243 e. The summed E-state index contributed by atoms with van der Waals surface area (Å²) in [4.78, 5) is 4.03. The highest BCUT2D eigenvalue weighted by atomic mass is 32.2. The summed E-state index contributed by atoms with van der Waals surface area (Å²) in [5.41, 5.74) is 2.26. The van der Waals surface area contributed by atoms with Crippen molar-refractivity contribution in [3.63, 3.8) is 0 Å². The second-order valence-corrected chi connectivity index (χ2v) is 9.83. The van der Waals surface area contributed by atoms with Gasteiger partial charge in [-0.05, 0) is 42.0 Å². The number of thioether (sulfide) groups is 1. The SMILES string of the molecule is O=S(=O)(c1cccc(CN2CCCSc3ccccc32)c1)N1CCOCC1. The van der Waals surface area contributed by atoms with E-state index in [9.17, 15) is 8.42 Å². The van der Waals surface area contributed by atoms with Crippen LogP contribution in [0.1, 0.15) is 12.0 Å². The molecule has 0 unspecified atom stereocenters. The van der Waals surface area contributed by atoms with Gasteiger partial charge in [-0.25, -0.2) is 8.42 Å². The zero-order valence-corrected chi connectivity index (χ0v) is 16.8. The van der Waals surface area contributed by atoms with Crippen molar-refractivity contribution < 1.29 is 13.2 Å². The van der Waals surface area contributed by atoms with Crippen LogP contribution in [0.15, 0.2) is 58.3 Å². The highest BCUT2D eigenvalue weighted by molar-refractivity contribution is 7.99. The standard InChI is InChI=1S/C20H24N2O3S2/c23-27(24,22-10-12-25-13-11-22)18-6-3-5-17(15-18)16-21-9-4-14-26-20-8-2-1-7-19(20)21/h1-3,5-8,15H,4,9-14,16H2. The fourth-order valence-electron chi connectivity index (χ4n) is 3.52. The van der Waals surface area contributed by atoms with E-state index in [1.807, 2.05) is 30.0 Å². The lowest BCUT2D eigenvalue weighted by Gasteiger charge is -2.27. The molecule has 2 aromatic rings. The lowest BCUT2D eigenvalue weighted by Crippen LogP contribution is -2.40. The lowest BCUT2D eigenvalue weighted by molar-refractivity contribution is 0.0730. The van der Waals surface area contributed by atoms with E-state index in [4.69, 9.17) is 4.74 Å². The highest BCUT2D eigenvalue weighted by Gasteiger charge is 2.26. The van der Waals surface area contributed by atoms with Crippen LogP contribution in [-0.2, 0) is 21.3 Å². The van der Waals surface area contributed by atoms with Gasteiger partial charge in [-0.1, -0.05) is 24.3 Å². The minimum atomic E-state index is -3.46. The molecular formula is C20H24N2O3S2. The summed E-state index contributed by atoms with van der Waals surface area (Å²) in [5, 5.41) is 0. The molecule has 0 bridgehead atoms. The number of hydrogen-bond donors (Lipinski definition) is 0. The van der Waals surface area contributed by atoms with Crippen LogP contribution in [-0.4, -0.2) is 51.3 Å². The van der Waals surface area contributed by atoms with Crippen molar-refractivity contribution in [2.75, 3.05) is 43.5 Å². The summed E-state index contributed by atoms with van der Waals surface area (Å²) in [5.74, 6) is 1.11. The van der Waals surface area contributed by atoms with Gasteiger partial charge in [-0.3, -0.25) is 0 Å². The van der Waals surface area contributed by atoms with Gasteiger partial charge in [0.2, 0.25) is 10.0 Å². The number of benzene rings is 2. The van der Waals surface area contributed by atoms with Crippen LogP contribution < -0.4 is 4.90 Å². The molecule has 0 N–H and O–H groups in total. The topological polar surface area (TPSA) is 49.9 Å². The number of morpholine rings is 1. The molecule has 1 saturated heterocycles. The molecule has 5 nitrogen and oxygen atoms in total. The summed E-state index contributed by atoms with van der Waals surface area (Å²) in [6.45, 7) is 3.45. The molecule has 0 aliphatic carbocycles. The Balaban J connectivity index is 1.58. The summed E-state index contributed by atoms with van der Waals surface area (Å²) < 4.78 is 32.7. The molecule has 144 valence electrons. The summed E-state index contributed by atoms with van der Waals surface area (Å²) in [6.07, 6.45) is 1.12. The predicted octanol–water partition coefficient (Wildman–Crippen LogP) is 3.21. The van der Waals surface area contributed by atoms with Crippen molar-refractivity contribution >= 4 is 27.5 Å². The molecule has 7 heteroatoms. The normalized spacial score (nSPS) is 18.7. The zero-order chi connectivity index (χ0) is 18.7. The second-order valence-electron chi connectivity index (χ2n) is 6.76. The number of sulfonamides is 1. The minimum Gasteiger partial charge on any atom is -0.379 e. The molecule has 0 atom stereocenters. The van der Waals surface area contributed by atoms with Gasteiger partial charge in [-0.2, -0.15) is 4.31 Å². The Hall–Kier alpha value is -1.54. The van der Waals surface area contributed by atoms with Crippen LogP contribution in [0.5, 0.6) is 0 Å². The van der Waals surface area contributed by atoms with E-state index in [0.29, 0.717) is 37.7 Å². The average molecular weight is 405 g/mol. The van der Waals surface area contributed by atoms with Crippen molar-refractivity contribution in [1.82, 2.24) is 4.31 Å². The largest absolute Gasteiger partial charge is 0.379 e. The van der Waals surface area contributed by atoms with Crippen LogP contribution in [0.2, 0.25) is 0 Å². The Morgan fingerprint density at radius 3 is 2.67 bits per heavy atom. The molecule has 2 heterocycles. The molecular weight excluding hydrogens is 380 g/mol. The van der Waals surface area contributed by atoms with E-state index in [1.54, 1.807) is 6.07 Å². The molecule has 0 spiro atoms. The number of anilines is 1. The maximum absolute atomic E-state index is 12.9. The molecule has 27 heavy (non-hydrogen) atoms.